The smallest absolute Gasteiger partial charge is 0.338 e. The summed E-state index contributed by atoms with van der Waals surface area (Å²) in [7, 11) is 0. The molecule has 27 heavy (non-hydrogen) atoms. The quantitative estimate of drug-likeness (QED) is 0.417. The number of phenols is 1. The Hall–Kier alpha value is -1.90. The van der Waals surface area contributed by atoms with E-state index in [9.17, 15) is 9.90 Å². The fraction of sp³-hybridized carbons (Fsp3) is 0.158. The highest BCUT2D eigenvalue weighted by atomic mass is 79.9. The van der Waals surface area contributed by atoms with Crippen LogP contribution in [0, 0.1) is 0 Å². The second-order valence-corrected chi connectivity index (χ2v) is 7.86. The average Bonchev–Trinajstić information content (AvgIpc) is 2.65. The van der Waals surface area contributed by atoms with Crippen LogP contribution in [0.3, 0.4) is 0 Å². The third kappa shape index (κ3) is 4.17. The molecule has 2 aromatic carbocycles. The van der Waals surface area contributed by atoms with Gasteiger partial charge in [0, 0.05) is 0 Å². The van der Waals surface area contributed by atoms with Gasteiger partial charge < -0.3 is 20.5 Å². The first-order chi connectivity index (χ1) is 12.9. The zero-order chi connectivity index (χ0) is 19.6. The number of carbonyl (C=O) groups excluding carboxylic acids is 1. The Morgan fingerprint density at radius 1 is 1.22 bits per heavy atom. The Morgan fingerprint density at radius 2 is 1.85 bits per heavy atom. The minimum atomic E-state index is -0.541. The van der Waals surface area contributed by atoms with Gasteiger partial charge in [-0.1, -0.05) is 30.3 Å². The maximum Gasteiger partial charge on any atom is 0.338 e. The molecule has 0 aliphatic carbocycles. The molecular formula is C19H16Br2N2O3S. The molecule has 3 N–H and O–H groups in total. The number of benzene rings is 2. The lowest BCUT2D eigenvalue weighted by molar-refractivity contribution is -0.138. The zero-order valence-corrected chi connectivity index (χ0v) is 18.2. The summed E-state index contributed by atoms with van der Waals surface area (Å²) in [5, 5.41) is 16.6. The first-order valence-corrected chi connectivity index (χ1v) is 10.1. The molecule has 8 heteroatoms. The summed E-state index contributed by atoms with van der Waals surface area (Å²) in [4.78, 5) is 12.8. The number of carbonyl (C=O) groups is 1. The summed E-state index contributed by atoms with van der Waals surface area (Å²) in [5.41, 5.74) is 2.59. The Bertz CT molecular complexity index is 909. The normalized spacial score (nSPS) is 16.6. The van der Waals surface area contributed by atoms with Crippen molar-refractivity contribution in [2.24, 2.45) is 0 Å². The maximum absolute atomic E-state index is 12.8. The van der Waals surface area contributed by atoms with Crippen molar-refractivity contribution in [2.45, 2.75) is 13.0 Å². The minimum Gasteiger partial charge on any atom is -0.506 e. The number of rotatable bonds is 4. The van der Waals surface area contributed by atoms with Crippen molar-refractivity contribution < 1.29 is 14.6 Å². The SMILES string of the molecule is CCOC(=O)C1=C(c2ccccc2)NC(=S)NC1c1cc(Br)c(O)c(Br)c1. The predicted molar refractivity (Wildman–Crippen MR) is 115 cm³/mol. The summed E-state index contributed by atoms with van der Waals surface area (Å²) in [6.45, 7) is 2.02. The zero-order valence-electron chi connectivity index (χ0n) is 14.3. The molecule has 1 heterocycles. The second-order valence-electron chi connectivity index (χ2n) is 5.74. The third-order valence-corrected chi connectivity index (χ3v) is 5.43. The van der Waals surface area contributed by atoms with Crippen LogP contribution >= 0.6 is 44.1 Å². The summed E-state index contributed by atoms with van der Waals surface area (Å²) in [6.07, 6.45) is 0. The van der Waals surface area contributed by atoms with E-state index in [-0.39, 0.29) is 12.4 Å². The molecule has 1 unspecified atom stereocenters. The molecule has 0 amide bonds. The summed E-state index contributed by atoms with van der Waals surface area (Å²) in [5.74, 6) is -0.357. The van der Waals surface area contributed by atoms with E-state index in [1.807, 2.05) is 30.3 Å². The fourth-order valence-corrected chi connectivity index (χ4v) is 4.27. The summed E-state index contributed by atoms with van der Waals surface area (Å²) < 4.78 is 6.32. The lowest BCUT2D eigenvalue weighted by Gasteiger charge is -2.31. The van der Waals surface area contributed by atoms with Crippen LogP contribution in [0.4, 0.5) is 0 Å². The van der Waals surface area contributed by atoms with E-state index < -0.39 is 12.0 Å². The van der Waals surface area contributed by atoms with E-state index in [2.05, 4.69) is 42.5 Å². The van der Waals surface area contributed by atoms with Gasteiger partial charge in [0.25, 0.3) is 0 Å². The van der Waals surface area contributed by atoms with Crippen molar-refractivity contribution in [1.29, 1.82) is 0 Å². The van der Waals surface area contributed by atoms with Gasteiger partial charge in [-0.25, -0.2) is 4.79 Å². The second kappa shape index (κ2) is 8.41. The van der Waals surface area contributed by atoms with Gasteiger partial charge in [0.05, 0.1) is 32.9 Å². The number of thiocarbonyl (C=S) groups is 1. The minimum absolute atomic E-state index is 0.0835. The van der Waals surface area contributed by atoms with Crippen LogP contribution < -0.4 is 10.6 Å². The number of hydrogen-bond donors (Lipinski definition) is 3. The molecule has 5 nitrogen and oxygen atoms in total. The van der Waals surface area contributed by atoms with Gasteiger partial charge >= 0.3 is 5.97 Å². The van der Waals surface area contributed by atoms with E-state index in [0.29, 0.717) is 25.3 Å². The number of nitrogens with one attached hydrogen (secondary N) is 2. The van der Waals surface area contributed by atoms with Crippen LogP contribution in [0.5, 0.6) is 5.75 Å². The molecule has 0 saturated carbocycles. The molecule has 0 spiro atoms. The van der Waals surface area contributed by atoms with Gasteiger partial charge in [0.2, 0.25) is 0 Å². The van der Waals surface area contributed by atoms with E-state index in [0.717, 1.165) is 11.1 Å². The molecule has 0 saturated heterocycles. The van der Waals surface area contributed by atoms with E-state index in [4.69, 9.17) is 17.0 Å². The van der Waals surface area contributed by atoms with Gasteiger partial charge in [-0.05, 0) is 74.3 Å². The van der Waals surface area contributed by atoms with Gasteiger partial charge in [-0.3, -0.25) is 0 Å². The number of hydrogen-bond acceptors (Lipinski definition) is 4. The molecule has 1 atom stereocenters. The molecule has 0 radical (unpaired) electrons. The monoisotopic (exact) mass is 510 g/mol. The number of ether oxygens (including phenoxy) is 1. The van der Waals surface area contributed by atoms with Crippen LogP contribution in [0.1, 0.15) is 24.1 Å². The Labute approximate surface area is 179 Å². The molecule has 0 bridgehead atoms. The van der Waals surface area contributed by atoms with Gasteiger partial charge in [0.1, 0.15) is 5.75 Å². The van der Waals surface area contributed by atoms with E-state index in [1.165, 1.54) is 0 Å². The van der Waals surface area contributed by atoms with Gasteiger partial charge in [-0.15, -0.1) is 0 Å². The van der Waals surface area contributed by atoms with Crippen molar-refractivity contribution in [3.05, 3.63) is 68.1 Å². The lowest BCUT2D eigenvalue weighted by atomic mass is 9.92. The van der Waals surface area contributed by atoms with Crippen molar-refractivity contribution >= 4 is 60.9 Å². The highest BCUT2D eigenvalue weighted by molar-refractivity contribution is 9.11. The lowest BCUT2D eigenvalue weighted by Crippen LogP contribution is -2.45. The Balaban J connectivity index is 2.21. The number of aromatic hydroxyl groups is 1. The highest BCUT2D eigenvalue weighted by Crippen LogP contribution is 2.39. The van der Waals surface area contributed by atoms with Crippen molar-refractivity contribution in [3.63, 3.8) is 0 Å². The van der Waals surface area contributed by atoms with Crippen LogP contribution in [-0.4, -0.2) is 22.8 Å². The molecule has 1 aliphatic rings. The molecule has 140 valence electrons. The molecule has 0 aromatic heterocycles. The molecule has 0 fully saturated rings. The molecule has 2 aromatic rings. The van der Waals surface area contributed by atoms with Crippen LogP contribution in [0.15, 0.2) is 57.0 Å². The maximum atomic E-state index is 12.8. The Morgan fingerprint density at radius 3 is 2.44 bits per heavy atom. The number of halogens is 2. The first kappa shape index (κ1) is 19.9. The largest absolute Gasteiger partial charge is 0.506 e. The average molecular weight is 512 g/mol. The topological polar surface area (TPSA) is 70.6 Å². The van der Waals surface area contributed by atoms with E-state index >= 15 is 0 Å². The van der Waals surface area contributed by atoms with Crippen LogP contribution in [-0.2, 0) is 9.53 Å². The molecular weight excluding hydrogens is 496 g/mol. The molecule has 3 rings (SSSR count). The molecule has 1 aliphatic heterocycles. The fourth-order valence-electron chi connectivity index (χ4n) is 2.83. The third-order valence-electron chi connectivity index (χ3n) is 4.00. The number of esters is 1. The predicted octanol–water partition coefficient (Wildman–Crippen LogP) is 4.41. The standard InChI is InChI=1S/C19H16Br2N2O3S/c1-2-26-18(25)14-15(10-6-4-3-5-7-10)22-19(27)23-16(14)11-8-12(20)17(24)13(21)9-11/h3-9,16,24H,2H2,1H3,(H2,22,23,27). The van der Waals surface area contributed by atoms with Crippen molar-refractivity contribution in [3.8, 4) is 5.75 Å². The van der Waals surface area contributed by atoms with Crippen LogP contribution in [0.25, 0.3) is 5.70 Å². The summed E-state index contributed by atoms with van der Waals surface area (Å²) in [6, 6.07) is 12.4. The van der Waals surface area contributed by atoms with Gasteiger partial charge in [0.15, 0.2) is 5.11 Å². The summed E-state index contributed by atoms with van der Waals surface area (Å²) >= 11 is 12.0. The first-order valence-electron chi connectivity index (χ1n) is 8.14. The van der Waals surface area contributed by atoms with Crippen LogP contribution in [0.2, 0.25) is 0 Å². The van der Waals surface area contributed by atoms with E-state index in [1.54, 1.807) is 19.1 Å². The van der Waals surface area contributed by atoms with Gasteiger partial charge in [-0.2, -0.15) is 0 Å². The van der Waals surface area contributed by atoms with Crippen molar-refractivity contribution in [2.75, 3.05) is 6.61 Å². The Kier molecular flexibility index (Phi) is 6.18. The van der Waals surface area contributed by atoms with Crippen molar-refractivity contribution in [1.82, 2.24) is 10.6 Å². The number of phenolic OH excluding ortho intramolecular Hbond substituents is 1. The highest BCUT2D eigenvalue weighted by Gasteiger charge is 2.33.